The minimum absolute atomic E-state index is 0.746. The first-order chi connectivity index (χ1) is 14.7. The number of piperazine rings is 1. The van der Waals surface area contributed by atoms with Crippen molar-refractivity contribution in [3.63, 3.8) is 0 Å². The van der Waals surface area contributed by atoms with Gasteiger partial charge in [0.1, 0.15) is 0 Å². The Morgan fingerprint density at radius 1 is 1.10 bits per heavy atom. The van der Waals surface area contributed by atoms with Crippen LogP contribution in [0.5, 0.6) is 0 Å². The van der Waals surface area contributed by atoms with Gasteiger partial charge in [-0.3, -0.25) is 4.90 Å². The highest BCUT2D eigenvalue weighted by Crippen LogP contribution is 2.28. The molecule has 2 aliphatic heterocycles. The average Bonchev–Trinajstić information content (AvgIpc) is 3.28. The molecule has 162 valence electrons. The topological polar surface area (TPSA) is 43.9 Å². The Kier molecular flexibility index (Phi) is 7.78. The first kappa shape index (κ1) is 21.8. The first-order valence-corrected chi connectivity index (χ1v) is 12.1. The lowest BCUT2D eigenvalue weighted by Crippen LogP contribution is -2.52. The van der Waals surface area contributed by atoms with Gasteiger partial charge in [-0.15, -0.1) is 11.3 Å². The van der Waals surface area contributed by atoms with Crippen LogP contribution in [-0.4, -0.2) is 85.5 Å². The van der Waals surface area contributed by atoms with E-state index in [1.165, 1.54) is 0 Å². The summed E-state index contributed by atoms with van der Waals surface area (Å²) < 4.78 is 5.39. The number of hydrogen-bond donors (Lipinski definition) is 1. The molecule has 0 atom stereocenters. The van der Waals surface area contributed by atoms with Gasteiger partial charge in [0.2, 0.25) is 0 Å². The lowest BCUT2D eigenvalue weighted by molar-refractivity contribution is 0.0376. The van der Waals surface area contributed by atoms with Crippen LogP contribution in [0.4, 0.5) is 5.13 Å². The number of benzene rings is 1. The smallest absolute Gasteiger partial charge is 0.185 e. The fraction of sp³-hybridized carbons (Fsp3) is 0.524. The van der Waals surface area contributed by atoms with Crippen LogP contribution in [-0.2, 0) is 4.74 Å². The summed E-state index contributed by atoms with van der Waals surface area (Å²) in [4.78, 5) is 11.9. The predicted molar refractivity (Wildman–Crippen MR) is 129 cm³/mol. The second-order valence-corrected chi connectivity index (χ2v) is 9.20. The molecule has 0 unspecified atom stereocenters. The lowest BCUT2D eigenvalue weighted by Gasteiger charge is -2.36. The van der Waals surface area contributed by atoms with Crippen LogP contribution < -0.4 is 10.2 Å². The summed E-state index contributed by atoms with van der Waals surface area (Å²) in [5, 5.41) is 8.24. The zero-order chi connectivity index (χ0) is 20.8. The minimum Gasteiger partial charge on any atom is -0.379 e. The van der Waals surface area contributed by atoms with E-state index in [2.05, 4.69) is 25.4 Å². The first-order valence-electron chi connectivity index (χ1n) is 10.5. The number of thiocarbonyl (C=S) groups is 1. The summed E-state index contributed by atoms with van der Waals surface area (Å²) in [5.41, 5.74) is 2.11. The predicted octanol–water partition coefficient (Wildman–Crippen LogP) is 3.18. The summed E-state index contributed by atoms with van der Waals surface area (Å²) >= 11 is 13.3. The standard InChI is InChI=1S/C21H28ClN5OS2/c22-18-4-2-17(3-5-18)19-16-30-21(24-19)27-10-8-26(9-11-27)20(29)23-6-1-7-25-12-14-28-15-13-25/h2-5,16H,1,6-15H2,(H,23,29). The SMILES string of the molecule is S=C(NCCCN1CCOCC1)N1CCN(c2nc(-c3ccc(Cl)cc3)cs2)CC1. The zero-order valence-electron chi connectivity index (χ0n) is 17.1. The normalized spacial score (nSPS) is 17.9. The van der Waals surface area contributed by atoms with Crippen molar-refractivity contribution in [3.05, 3.63) is 34.7 Å². The molecule has 0 amide bonds. The van der Waals surface area contributed by atoms with Crippen LogP contribution in [0.1, 0.15) is 6.42 Å². The molecule has 0 aliphatic carbocycles. The molecule has 1 aromatic heterocycles. The van der Waals surface area contributed by atoms with Crippen LogP contribution >= 0.6 is 35.2 Å². The van der Waals surface area contributed by atoms with Gasteiger partial charge in [0.25, 0.3) is 0 Å². The number of ether oxygens (including phenoxy) is 1. The Labute approximate surface area is 192 Å². The molecule has 4 rings (SSSR count). The van der Waals surface area contributed by atoms with Gasteiger partial charge in [-0.1, -0.05) is 23.7 Å². The quantitative estimate of drug-likeness (QED) is 0.519. The molecular weight excluding hydrogens is 438 g/mol. The zero-order valence-corrected chi connectivity index (χ0v) is 19.4. The maximum atomic E-state index is 5.99. The third kappa shape index (κ3) is 5.82. The van der Waals surface area contributed by atoms with Gasteiger partial charge in [0, 0.05) is 61.8 Å². The number of nitrogens with zero attached hydrogens (tertiary/aromatic N) is 4. The monoisotopic (exact) mass is 465 g/mol. The molecule has 3 heterocycles. The molecule has 2 aromatic rings. The molecule has 9 heteroatoms. The molecule has 2 fully saturated rings. The van der Waals surface area contributed by atoms with Gasteiger partial charge >= 0.3 is 0 Å². The van der Waals surface area contributed by atoms with Crippen LogP contribution in [0.3, 0.4) is 0 Å². The lowest BCUT2D eigenvalue weighted by atomic mass is 10.2. The van der Waals surface area contributed by atoms with Crippen molar-refractivity contribution in [2.45, 2.75) is 6.42 Å². The second-order valence-electron chi connectivity index (χ2n) is 7.54. The molecular formula is C21H28ClN5OS2. The van der Waals surface area contributed by atoms with E-state index in [9.17, 15) is 0 Å². The van der Waals surface area contributed by atoms with Crippen LogP contribution in [0.2, 0.25) is 5.02 Å². The van der Waals surface area contributed by atoms with E-state index in [1.807, 2.05) is 24.3 Å². The van der Waals surface area contributed by atoms with Crippen LogP contribution in [0.25, 0.3) is 11.3 Å². The molecule has 1 N–H and O–H groups in total. The van der Waals surface area contributed by atoms with Crippen molar-refractivity contribution in [3.8, 4) is 11.3 Å². The Hall–Kier alpha value is -1.45. The van der Waals surface area contributed by atoms with Crippen molar-refractivity contribution >= 4 is 45.4 Å². The van der Waals surface area contributed by atoms with E-state index in [1.54, 1.807) is 11.3 Å². The van der Waals surface area contributed by atoms with Gasteiger partial charge < -0.3 is 19.9 Å². The van der Waals surface area contributed by atoms with Gasteiger partial charge in [-0.25, -0.2) is 4.98 Å². The highest BCUT2D eigenvalue weighted by atomic mass is 35.5. The van der Waals surface area contributed by atoms with Crippen molar-refractivity contribution in [1.82, 2.24) is 20.1 Å². The number of thiazole rings is 1. The van der Waals surface area contributed by atoms with E-state index in [-0.39, 0.29) is 0 Å². The molecule has 0 saturated carbocycles. The summed E-state index contributed by atoms with van der Waals surface area (Å²) in [6.45, 7) is 9.54. The van der Waals surface area contributed by atoms with Crippen molar-refractivity contribution in [2.24, 2.45) is 0 Å². The van der Waals surface area contributed by atoms with Crippen LogP contribution in [0, 0.1) is 0 Å². The third-order valence-corrected chi connectivity index (χ3v) is 7.06. The van der Waals surface area contributed by atoms with Gasteiger partial charge in [-0.05, 0) is 37.3 Å². The third-order valence-electron chi connectivity index (χ3n) is 5.50. The molecule has 1 aromatic carbocycles. The fourth-order valence-corrected chi connectivity index (χ4v) is 5.00. The molecule has 2 saturated heterocycles. The van der Waals surface area contributed by atoms with Crippen molar-refractivity contribution in [2.75, 3.05) is 70.5 Å². The molecule has 2 aliphatic rings. The second kappa shape index (κ2) is 10.7. The number of morpholine rings is 1. The van der Waals surface area contributed by atoms with E-state index in [0.29, 0.717) is 0 Å². The molecule has 30 heavy (non-hydrogen) atoms. The Balaban J connectivity index is 1.19. The van der Waals surface area contributed by atoms with Gasteiger partial charge in [-0.2, -0.15) is 0 Å². The Morgan fingerprint density at radius 3 is 2.57 bits per heavy atom. The number of aromatic nitrogens is 1. The largest absolute Gasteiger partial charge is 0.379 e. The number of halogens is 1. The molecule has 0 spiro atoms. The number of rotatable bonds is 6. The fourth-order valence-electron chi connectivity index (χ4n) is 3.70. The van der Waals surface area contributed by atoms with Gasteiger partial charge in [0.05, 0.1) is 18.9 Å². The summed E-state index contributed by atoms with van der Waals surface area (Å²) in [5.74, 6) is 0. The maximum Gasteiger partial charge on any atom is 0.185 e. The van der Waals surface area contributed by atoms with Crippen molar-refractivity contribution in [1.29, 1.82) is 0 Å². The number of anilines is 1. The van der Waals surface area contributed by atoms with E-state index >= 15 is 0 Å². The number of hydrogen-bond acceptors (Lipinski definition) is 6. The Morgan fingerprint density at radius 2 is 1.83 bits per heavy atom. The molecule has 6 nitrogen and oxygen atoms in total. The van der Waals surface area contributed by atoms with Crippen molar-refractivity contribution < 1.29 is 4.74 Å². The average molecular weight is 466 g/mol. The Bertz CT molecular complexity index is 817. The van der Waals surface area contributed by atoms with E-state index < -0.39 is 0 Å². The summed E-state index contributed by atoms with van der Waals surface area (Å²) in [6.07, 6.45) is 1.10. The highest BCUT2D eigenvalue weighted by molar-refractivity contribution is 7.80. The van der Waals surface area contributed by atoms with E-state index in [0.717, 1.165) is 98.5 Å². The number of nitrogens with one attached hydrogen (secondary N) is 1. The van der Waals surface area contributed by atoms with E-state index in [4.69, 9.17) is 33.5 Å². The van der Waals surface area contributed by atoms with Crippen LogP contribution in [0.15, 0.2) is 29.6 Å². The highest BCUT2D eigenvalue weighted by Gasteiger charge is 2.21. The molecule has 0 bridgehead atoms. The summed E-state index contributed by atoms with van der Waals surface area (Å²) in [6, 6.07) is 7.84. The maximum absolute atomic E-state index is 5.99. The summed E-state index contributed by atoms with van der Waals surface area (Å²) in [7, 11) is 0. The minimum atomic E-state index is 0.746. The van der Waals surface area contributed by atoms with Gasteiger partial charge in [0.15, 0.2) is 10.2 Å². The molecule has 0 radical (unpaired) electrons.